The Morgan fingerprint density at radius 3 is 2.67 bits per heavy atom. The third-order valence-corrected chi connectivity index (χ3v) is 6.11. The molecule has 4 heterocycles. The van der Waals surface area contributed by atoms with E-state index in [4.69, 9.17) is 4.99 Å². The fraction of sp³-hybridized carbons (Fsp3) is 0.455. The summed E-state index contributed by atoms with van der Waals surface area (Å²) in [4.78, 5) is 31.5. The molecule has 156 valence electrons. The highest BCUT2D eigenvalue weighted by Gasteiger charge is 2.32. The lowest BCUT2D eigenvalue weighted by Crippen LogP contribution is -2.53. The lowest BCUT2D eigenvalue weighted by atomic mass is 9.91. The summed E-state index contributed by atoms with van der Waals surface area (Å²) in [5.74, 6) is 2.75. The largest absolute Gasteiger partial charge is 0.353 e. The van der Waals surface area contributed by atoms with Crippen LogP contribution in [0.1, 0.15) is 31.1 Å². The van der Waals surface area contributed by atoms with E-state index in [0.29, 0.717) is 11.9 Å². The summed E-state index contributed by atoms with van der Waals surface area (Å²) >= 11 is 0. The predicted molar refractivity (Wildman–Crippen MR) is 118 cm³/mol. The molecule has 5 rings (SSSR count). The Morgan fingerprint density at radius 2 is 1.93 bits per heavy atom. The fourth-order valence-electron chi connectivity index (χ4n) is 4.52. The highest BCUT2D eigenvalue weighted by molar-refractivity contribution is 5.93. The van der Waals surface area contributed by atoms with Crippen LogP contribution >= 0.6 is 0 Å². The van der Waals surface area contributed by atoms with Crippen molar-refractivity contribution in [3.8, 4) is 0 Å². The van der Waals surface area contributed by atoms with Gasteiger partial charge in [-0.1, -0.05) is 18.2 Å². The van der Waals surface area contributed by atoms with Crippen molar-refractivity contribution in [2.24, 2.45) is 10.9 Å². The molecule has 2 aromatic heterocycles. The van der Waals surface area contributed by atoms with Gasteiger partial charge in [-0.3, -0.25) is 14.7 Å². The van der Waals surface area contributed by atoms with Crippen LogP contribution in [0.4, 0.5) is 11.8 Å². The Kier molecular flexibility index (Phi) is 4.98. The number of aromatic nitrogens is 3. The van der Waals surface area contributed by atoms with E-state index in [9.17, 15) is 4.79 Å². The zero-order valence-electron chi connectivity index (χ0n) is 17.2. The molecule has 0 amide bonds. The van der Waals surface area contributed by atoms with Crippen molar-refractivity contribution in [2.45, 2.75) is 32.4 Å². The number of guanidine groups is 1. The van der Waals surface area contributed by atoms with Gasteiger partial charge in [-0.05, 0) is 38.3 Å². The second kappa shape index (κ2) is 7.93. The second-order valence-corrected chi connectivity index (χ2v) is 8.13. The number of allylic oxidation sites excluding steroid dienone is 2. The highest BCUT2D eigenvalue weighted by atomic mass is 16.1. The van der Waals surface area contributed by atoms with E-state index in [2.05, 4.69) is 37.2 Å². The standard InChI is InChI=1S/C22H27N7O/c1-16-15-19(30)29-20(17-7-3-2-4-8-17)25-21(26-22(29)24-16)28-13-11-27(12-14-28)18-9-5-6-10-23-18/h2-3,5-6,9-10,15,17,20H,4,7-8,11-14H2,1H3,(H,24,25,26)/t17-,20-/m0/s1. The van der Waals surface area contributed by atoms with Crippen molar-refractivity contribution in [1.29, 1.82) is 0 Å². The van der Waals surface area contributed by atoms with Crippen LogP contribution in [-0.2, 0) is 0 Å². The second-order valence-electron chi connectivity index (χ2n) is 8.13. The summed E-state index contributed by atoms with van der Waals surface area (Å²) in [6, 6.07) is 7.61. The topological polar surface area (TPSA) is 78.7 Å². The molecule has 30 heavy (non-hydrogen) atoms. The summed E-state index contributed by atoms with van der Waals surface area (Å²) in [5.41, 5.74) is 0.689. The molecular weight excluding hydrogens is 378 g/mol. The summed E-state index contributed by atoms with van der Waals surface area (Å²) < 4.78 is 1.74. The van der Waals surface area contributed by atoms with Gasteiger partial charge in [0, 0.05) is 50.1 Å². The molecule has 0 unspecified atom stereocenters. The van der Waals surface area contributed by atoms with Crippen LogP contribution in [0, 0.1) is 12.8 Å². The van der Waals surface area contributed by atoms with E-state index in [1.54, 1.807) is 10.6 Å². The Morgan fingerprint density at radius 1 is 1.10 bits per heavy atom. The zero-order valence-corrected chi connectivity index (χ0v) is 17.2. The van der Waals surface area contributed by atoms with Gasteiger partial charge >= 0.3 is 0 Å². The molecule has 0 spiro atoms. The molecule has 2 atom stereocenters. The SMILES string of the molecule is Cc1cc(=O)n2c(n1)NC(N1CCN(c3ccccn3)CC1)=N[C@@H]2[C@H]1CC=CCC1. The number of aliphatic imine (C=N–C) groups is 1. The molecule has 8 heteroatoms. The molecule has 2 aromatic rings. The molecule has 0 aromatic carbocycles. The molecular formula is C22H27N7O. The van der Waals surface area contributed by atoms with E-state index >= 15 is 0 Å². The first-order valence-electron chi connectivity index (χ1n) is 10.7. The molecule has 8 nitrogen and oxygen atoms in total. The van der Waals surface area contributed by atoms with Gasteiger partial charge in [0.25, 0.3) is 5.56 Å². The van der Waals surface area contributed by atoms with Gasteiger partial charge in [0.15, 0.2) is 0 Å². The maximum Gasteiger partial charge on any atom is 0.256 e. The lowest BCUT2D eigenvalue weighted by molar-refractivity contribution is 0.296. The number of hydrogen-bond donors (Lipinski definition) is 1. The van der Waals surface area contributed by atoms with Gasteiger partial charge in [-0.2, -0.15) is 0 Å². The number of anilines is 2. The minimum Gasteiger partial charge on any atom is -0.353 e. The number of rotatable bonds is 2. The van der Waals surface area contributed by atoms with Gasteiger partial charge in [-0.15, -0.1) is 0 Å². The first-order chi connectivity index (χ1) is 14.7. The number of pyridine rings is 1. The molecule has 1 N–H and O–H groups in total. The number of nitrogens with zero attached hydrogens (tertiary/aromatic N) is 6. The van der Waals surface area contributed by atoms with Crippen LogP contribution < -0.4 is 15.8 Å². The third kappa shape index (κ3) is 3.58. The van der Waals surface area contributed by atoms with Crippen LogP contribution in [-0.4, -0.2) is 51.6 Å². The van der Waals surface area contributed by atoms with Crippen molar-refractivity contribution in [2.75, 3.05) is 36.4 Å². The predicted octanol–water partition coefficient (Wildman–Crippen LogP) is 2.41. The van der Waals surface area contributed by atoms with Gasteiger partial charge in [0.1, 0.15) is 12.0 Å². The van der Waals surface area contributed by atoms with E-state index in [-0.39, 0.29) is 11.7 Å². The third-order valence-electron chi connectivity index (χ3n) is 6.11. The minimum atomic E-state index is -0.212. The number of piperazine rings is 1. The first-order valence-corrected chi connectivity index (χ1v) is 10.7. The monoisotopic (exact) mass is 405 g/mol. The normalized spacial score (nSPS) is 23.6. The van der Waals surface area contributed by atoms with Gasteiger partial charge in [-0.25, -0.2) is 15.0 Å². The quantitative estimate of drug-likeness (QED) is 0.773. The van der Waals surface area contributed by atoms with Gasteiger partial charge in [0.05, 0.1) is 0 Å². The molecule has 1 aliphatic carbocycles. The van der Waals surface area contributed by atoms with Crippen molar-refractivity contribution < 1.29 is 0 Å². The summed E-state index contributed by atoms with van der Waals surface area (Å²) in [6.45, 7) is 5.30. The molecule has 2 aliphatic heterocycles. The maximum atomic E-state index is 12.8. The summed E-state index contributed by atoms with van der Waals surface area (Å²) in [7, 11) is 0. The Bertz CT molecular complexity index is 1020. The molecule has 1 fully saturated rings. The van der Waals surface area contributed by atoms with Crippen LogP contribution in [0.3, 0.4) is 0 Å². The molecule has 0 saturated carbocycles. The van der Waals surface area contributed by atoms with Crippen LogP contribution in [0.15, 0.2) is 52.4 Å². The Balaban J connectivity index is 1.40. The van der Waals surface area contributed by atoms with Crippen molar-refractivity contribution in [1.82, 2.24) is 19.4 Å². The average Bonchev–Trinajstić information content (AvgIpc) is 2.79. The molecule has 0 bridgehead atoms. The van der Waals surface area contributed by atoms with Crippen LogP contribution in [0.25, 0.3) is 0 Å². The smallest absolute Gasteiger partial charge is 0.256 e. The number of hydrogen-bond acceptors (Lipinski definition) is 7. The number of fused-ring (bicyclic) bond motifs is 1. The fourth-order valence-corrected chi connectivity index (χ4v) is 4.52. The van der Waals surface area contributed by atoms with Crippen molar-refractivity contribution >= 4 is 17.7 Å². The van der Waals surface area contributed by atoms with Gasteiger partial charge < -0.3 is 9.80 Å². The van der Waals surface area contributed by atoms with Crippen molar-refractivity contribution in [3.05, 3.63) is 58.7 Å². The zero-order chi connectivity index (χ0) is 20.5. The maximum absolute atomic E-state index is 12.8. The molecule has 3 aliphatic rings. The van der Waals surface area contributed by atoms with Crippen LogP contribution in [0.5, 0.6) is 0 Å². The number of aryl methyl sites for hydroxylation is 1. The average molecular weight is 406 g/mol. The lowest BCUT2D eigenvalue weighted by Gasteiger charge is -2.40. The van der Waals surface area contributed by atoms with Crippen molar-refractivity contribution in [3.63, 3.8) is 0 Å². The summed E-state index contributed by atoms with van der Waals surface area (Å²) in [5, 5.41) is 3.35. The van der Waals surface area contributed by atoms with Crippen LogP contribution in [0.2, 0.25) is 0 Å². The Hall–Kier alpha value is -3.16. The van der Waals surface area contributed by atoms with E-state index in [0.717, 1.165) is 62.9 Å². The van der Waals surface area contributed by atoms with Gasteiger partial charge in [0.2, 0.25) is 11.9 Å². The Labute approximate surface area is 176 Å². The van der Waals surface area contributed by atoms with E-state index in [1.165, 1.54) is 0 Å². The highest BCUT2D eigenvalue weighted by Crippen LogP contribution is 2.34. The number of nitrogens with one attached hydrogen (secondary N) is 1. The molecule has 1 saturated heterocycles. The minimum absolute atomic E-state index is 0.0349. The van der Waals surface area contributed by atoms with E-state index < -0.39 is 0 Å². The van der Waals surface area contributed by atoms with E-state index in [1.807, 2.05) is 31.3 Å². The molecule has 0 radical (unpaired) electrons. The summed E-state index contributed by atoms with van der Waals surface area (Å²) in [6.07, 6.45) is 9.06. The first kappa shape index (κ1) is 18.8.